The maximum absolute atomic E-state index is 13.5. The molecular formula is C30H38N7O4S+. The Kier molecular flexibility index (Phi) is 9.56. The van der Waals surface area contributed by atoms with Crippen molar-refractivity contribution in [2.45, 2.75) is 58.5 Å². The molecule has 12 heteroatoms. The maximum Gasteiger partial charge on any atom is 0.334 e. The first-order valence-electron chi connectivity index (χ1n) is 13.9. The van der Waals surface area contributed by atoms with Crippen molar-refractivity contribution in [3.63, 3.8) is 0 Å². The Hall–Kier alpha value is -4.32. The van der Waals surface area contributed by atoms with Crippen molar-refractivity contribution in [3.05, 3.63) is 68.7 Å². The highest BCUT2D eigenvalue weighted by Gasteiger charge is 2.63. The van der Waals surface area contributed by atoms with Crippen LogP contribution in [0, 0.1) is 19.8 Å². The predicted molar refractivity (Wildman–Crippen MR) is 162 cm³/mol. The molecule has 4 rings (SSSR count). The number of ether oxygens (including phenoxy) is 1. The molecule has 0 aliphatic heterocycles. The summed E-state index contributed by atoms with van der Waals surface area (Å²) in [6.45, 7) is 8.09. The number of hydrogen-bond acceptors (Lipinski definition) is 9. The summed E-state index contributed by atoms with van der Waals surface area (Å²) in [5.41, 5.74) is 8.38. The van der Waals surface area contributed by atoms with Gasteiger partial charge in [-0.3, -0.25) is 15.0 Å². The third kappa shape index (κ3) is 6.93. The molecule has 0 spiro atoms. The zero-order valence-corrected chi connectivity index (χ0v) is 25.1. The van der Waals surface area contributed by atoms with E-state index in [4.69, 9.17) is 15.9 Å². The first-order chi connectivity index (χ1) is 20.1. The van der Waals surface area contributed by atoms with Gasteiger partial charge in [0, 0.05) is 18.7 Å². The molecule has 2 atom stereocenters. The second-order valence-corrected chi connectivity index (χ2v) is 11.8. The van der Waals surface area contributed by atoms with Crippen LogP contribution in [0.25, 0.3) is 0 Å². The summed E-state index contributed by atoms with van der Waals surface area (Å²) in [6.07, 6.45) is 3.29. The Morgan fingerprint density at radius 2 is 1.90 bits per heavy atom. The third-order valence-electron chi connectivity index (χ3n) is 7.06. The molecule has 0 radical (unpaired) electrons. The van der Waals surface area contributed by atoms with Crippen molar-refractivity contribution in [3.8, 4) is 0 Å². The van der Waals surface area contributed by atoms with Crippen LogP contribution in [-0.2, 0) is 16.0 Å². The molecule has 1 aromatic carbocycles. The van der Waals surface area contributed by atoms with Gasteiger partial charge in [0.2, 0.25) is 5.95 Å². The summed E-state index contributed by atoms with van der Waals surface area (Å²) in [7, 11) is 0. The molecule has 2 heterocycles. The van der Waals surface area contributed by atoms with Gasteiger partial charge in [-0.25, -0.2) is 14.8 Å². The fourth-order valence-corrected chi connectivity index (χ4v) is 5.41. The van der Waals surface area contributed by atoms with Gasteiger partial charge in [0.25, 0.3) is 11.8 Å². The number of esters is 1. The number of nitrogens with zero attached hydrogens (tertiary/aromatic N) is 2. The number of carbonyl (C=O) groups is 3. The highest BCUT2D eigenvalue weighted by Crippen LogP contribution is 2.38. The molecular weight excluding hydrogens is 554 g/mol. The number of anilines is 2. The van der Waals surface area contributed by atoms with Crippen molar-refractivity contribution >= 4 is 47.0 Å². The standard InChI is InChI=1S/C30H37N7O4S/c1-17(2)16-41-28(40)30(14-24(30)36-26(38)23-11-7-13-42-23)37-27(39)25-18(3)34-29(35-19(25)4)33-12-6-9-20-8-5-10-22(32)21(20)15-31/h5,7-8,10-11,13,15,17,24,31H,6,9,12,14,16,32H2,1-4H3,(H,36,38)(H,37,39)(H,33,34,35)/p+1/t24-,30?/m1/s1. The lowest BCUT2D eigenvalue weighted by atomic mass is 10.0. The number of nitrogens with one attached hydrogen (secondary N) is 3. The van der Waals surface area contributed by atoms with Crippen LogP contribution >= 0.6 is 11.3 Å². The van der Waals surface area contributed by atoms with E-state index in [1.165, 1.54) is 17.6 Å². The fourth-order valence-electron chi connectivity index (χ4n) is 4.78. The zero-order chi connectivity index (χ0) is 30.4. The number of nitrogen functional groups attached to an aromatic ring is 1. The first-order valence-corrected chi connectivity index (χ1v) is 14.8. The fraction of sp³-hybridized carbons (Fsp3) is 0.400. The summed E-state index contributed by atoms with van der Waals surface area (Å²) < 4.78 is 5.50. The van der Waals surface area contributed by atoms with E-state index in [1.807, 2.05) is 32.0 Å². The van der Waals surface area contributed by atoms with Gasteiger partial charge in [0.15, 0.2) is 11.8 Å². The number of rotatable bonds is 13. The highest BCUT2D eigenvalue weighted by molar-refractivity contribution is 7.12. The molecule has 1 fully saturated rings. The highest BCUT2D eigenvalue weighted by atomic mass is 32.1. The van der Waals surface area contributed by atoms with E-state index in [-0.39, 0.29) is 30.4 Å². The number of nitrogens with two attached hydrogens (primary N) is 2. The molecule has 1 saturated carbocycles. The van der Waals surface area contributed by atoms with Gasteiger partial charge in [-0.05, 0) is 55.7 Å². The second kappa shape index (κ2) is 13.1. The van der Waals surface area contributed by atoms with Gasteiger partial charge in [-0.1, -0.05) is 32.0 Å². The molecule has 1 aliphatic carbocycles. The first kappa shape index (κ1) is 30.6. The summed E-state index contributed by atoms with van der Waals surface area (Å²) in [6, 6.07) is 8.59. The molecule has 11 nitrogen and oxygen atoms in total. The number of benzene rings is 1. The zero-order valence-electron chi connectivity index (χ0n) is 24.3. The lowest BCUT2D eigenvalue weighted by molar-refractivity contribution is -0.148. The molecule has 222 valence electrons. The monoisotopic (exact) mass is 592 g/mol. The molecule has 7 N–H and O–H groups in total. The summed E-state index contributed by atoms with van der Waals surface area (Å²) in [5.74, 6) is -0.867. The maximum atomic E-state index is 13.5. The van der Waals surface area contributed by atoms with Crippen molar-refractivity contribution in [2.24, 2.45) is 5.92 Å². The molecule has 3 aromatic rings. The smallest absolute Gasteiger partial charge is 0.334 e. The van der Waals surface area contributed by atoms with Crippen LogP contribution in [-0.4, -0.2) is 58.7 Å². The molecule has 42 heavy (non-hydrogen) atoms. The average molecular weight is 593 g/mol. The molecule has 1 unspecified atom stereocenters. The third-order valence-corrected chi connectivity index (χ3v) is 7.93. The molecule has 0 saturated heterocycles. The average Bonchev–Trinajstić information content (AvgIpc) is 3.33. The van der Waals surface area contributed by atoms with Gasteiger partial charge in [0.05, 0.1) is 40.0 Å². The Morgan fingerprint density at radius 3 is 2.55 bits per heavy atom. The minimum Gasteiger partial charge on any atom is -0.464 e. The van der Waals surface area contributed by atoms with Crippen LogP contribution in [0.3, 0.4) is 0 Å². The van der Waals surface area contributed by atoms with Crippen LogP contribution in [0.15, 0.2) is 35.7 Å². The number of hydrogen-bond donors (Lipinski definition) is 5. The van der Waals surface area contributed by atoms with Gasteiger partial charge in [-0.2, -0.15) is 0 Å². The van der Waals surface area contributed by atoms with Gasteiger partial charge >= 0.3 is 5.97 Å². The summed E-state index contributed by atoms with van der Waals surface area (Å²) >= 11 is 1.30. The van der Waals surface area contributed by atoms with E-state index < -0.39 is 23.5 Å². The number of thiophene rings is 1. The largest absolute Gasteiger partial charge is 0.464 e. The Labute approximate surface area is 249 Å². The van der Waals surface area contributed by atoms with Crippen LogP contribution in [0.1, 0.15) is 69.2 Å². The van der Waals surface area contributed by atoms with Crippen molar-refractivity contribution in [2.75, 3.05) is 24.2 Å². The van der Waals surface area contributed by atoms with Crippen LogP contribution < -0.4 is 27.1 Å². The number of amides is 2. The van der Waals surface area contributed by atoms with Crippen LogP contribution in [0.2, 0.25) is 0 Å². The second-order valence-electron chi connectivity index (χ2n) is 10.8. The minimum atomic E-state index is -1.37. The van der Waals surface area contributed by atoms with E-state index in [0.717, 1.165) is 24.0 Å². The number of aromatic nitrogens is 2. The number of aryl methyl sites for hydroxylation is 3. The molecule has 2 amide bonds. The summed E-state index contributed by atoms with van der Waals surface area (Å²) in [5, 5.41) is 16.5. The Bertz CT molecular complexity index is 1450. The quantitative estimate of drug-likeness (QED) is 0.0865. The Balaban J connectivity index is 1.42. The summed E-state index contributed by atoms with van der Waals surface area (Å²) in [4.78, 5) is 48.8. The van der Waals surface area contributed by atoms with E-state index in [2.05, 4.69) is 25.9 Å². The van der Waals surface area contributed by atoms with E-state index in [0.29, 0.717) is 34.4 Å². The molecule has 2 aromatic heterocycles. The van der Waals surface area contributed by atoms with Gasteiger partial charge < -0.3 is 26.4 Å². The van der Waals surface area contributed by atoms with Crippen molar-refractivity contribution in [1.82, 2.24) is 20.6 Å². The van der Waals surface area contributed by atoms with Crippen LogP contribution in [0.4, 0.5) is 11.6 Å². The molecule has 1 aliphatic rings. The SMILES string of the molecule is Cc1nc(NCCCc2cccc(N)c2C=[NH2+])nc(C)c1C(=O)NC1(C(=O)OCC(C)C)C[C@H]1NC(=O)c1cccs1. The topological polar surface area (TPSA) is 174 Å². The van der Waals surface area contributed by atoms with E-state index >= 15 is 0 Å². The number of carbonyl (C=O) groups excluding carboxylic acids is 3. The van der Waals surface area contributed by atoms with Crippen molar-refractivity contribution < 1.29 is 24.5 Å². The van der Waals surface area contributed by atoms with E-state index in [1.54, 1.807) is 31.4 Å². The lowest BCUT2D eigenvalue weighted by Crippen LogP contribution is -2.50. The van der Waals surface area contributed by atoms with Gasteiger partial charge in [0.1, 0.15) is 0 Å². The minimum absolute atomic E-state index is 0.115. The van der Waals surface area contributed by atoms with E-state index in [9.17, 15) is 14.4 Å². The molecule has 0 bridgehead atoms. The lowest BCUT2D eigenvalue weighted by Gasteiger charge is -2.20. The van der Waals surface area contributed by atoms with Crippen molar-refractivity contribution in [1.29, 1.82) is 0 Å². The Morgan fingerprint density at radius 1 is 1.17 bits per heavy atom. The van der Waals surface area contributed by atoms with Gasteiger partial charge in [-0.15, -0.1) is 11.3 Å². The predicted octanol–water partition coefficient (Wildman–Crippen LogP) is 1.83. The normalized spacial score (nSPS) is 17.4. The van der Waals surface area contributed by atoms with Crippen LogP contribution in [0.5, 0.6) is 0 Å².